The second kappa shape index (κ2) is 5.16. The van der Waals surface area contributed by atoms with Crippen LogP contribution < -0.4 is 15.1 Å². The van der Waals surface area contributed by atoms with Crippen LogP contribution in [0.4, 0.5) is 17.8 Å². The molecule has 1 saturated carbocycles. The maximum Gasteiger partial charge on any atom is 0.232 e. The van der Waals surface area contributed by atoms with Crippen molar-refractivity contribution in [2.24, 2.45) is 0 Å². The Hall–Kier alpha value is -1.63. The summed E-state index contributed by atoms with van der Waals surface area (Å²) >= 11 is 0. The molecule has 0 radical (unpaired) electrons. The molecule has 1 aliphatic carbocycles. The van der Waals surface area contributed by atoms with Gasteiger partial charge in [-0.25, -0.2) is 0 Å². The van der Waals surface area contributed by atoms with Gasteiger partial charge in [-0.15, -0.1) is 0 Å². The van der Waals surface area contributed by atoms with Gasteiger partial charge in [-0.05, 0) is 12.8 Å². The normalized spacial score (nSPS) is 19.4. The summed E-state index contributed by atoms with van der Waals surface area (Å²) in [6, 6.07) is 0.588. The summed E-state index contributed by atoms with van der Waals surface area (Å²) in [6.45, 7) is 3.13. The summed E-state index contributed by atoms with van der Waals surface area (Å²) in [5, 5.41) is 3.01. The third-order valence-electron chi connectivity index (χ3n) is 3.54. The minimum absolute atomic E-state index is 0.588. The van der Waals surface area contributed by atoms with Crippen molar-refractivity contribution in [3.05, 3.63) is 0 Å². The molecule has 0 bridgehead atoms. The molecular weight excluding hydrogens is 244 g/mol. The summed E-state index contributed by atoms with van der Waals surface area (Å²) in [6.07, 6.45) is 2.45. The number of nitrogens with one attached hydrogen (secondary N) is 1. The molecule has 0 atom stereocenters. The number of anilines is 3. The van der Waals surface area contributed by atoms with E-state index in [1.807, 2.05) is 7.05 Å². The van der Waals surface area contributed by atoms with Crippen LogP contribution in [0.2, 0.25) is 0 Å². The van der Waals surface area contributed by atoms with Gasteiger partial charge in [-0.3, -0.25) is 0 Å². The Bertz CT molecular complexity index is 444. The molecule has 1 saturated heterocycles. The Balaban J connectivity index is 1.87. The van der Waals surface area contributed by atoms with Gasteiger partial charge in [0.15, 0.2) is 0 Å². The molecule has 7 heteroatoms. The third-order valence-corrected chi connectivity index (χ3v) is 3.54. The SMILES string of the molecule is CNc1nc(N2CCOCC2)nc(N(C)C2CC2)n1. The molecule has 7 nitrogen and oxygen atoms in total. The summed E-state index contributed by atoms with van der Waals surface area (Å²) in [5.74, 6) is 2.12. The van der Waals surface area contributed by atoms with Crippen LogP contribution in [0.5, 0.6) is 0 Å². The number of aromatic nitrogens is 3. The quantitative estimate of drug-likeness (QED) is 0.841. The van der Waals surface area contributed by atoms with Gasteiger partial charge < -0.3 is 19.9 Å². The van der Waals surface area contributed by atoms with Gasteiger partial charge in [0.2, 0.25) is 17.8 Å². The fourth-order valence-electron chi connectivity index (χ4n) is 2.15. The highest BCUT2D eigenvalue weighted by atomic mass is 16.5. The largest absolute Gasteiger partial charge is 0.378 e. The van der Waals surface area contributed by atoms with Gasteiger partial charge in [-0.2, -0.15) is 15.0 Å². The molecule has 19 heavy (non-hydrogen) atoms. The highest BCUT2D eigenvalue weighted by Gasteiger charge is 2.29. The Morgan fingerprint density at radius 2 is 1.95 bits per heavy atom. The monoisotopic (exact) mass is 264 g/mol. The van der Waals surface area contributed by atoms with Crippen molar-refractivity contribution in [2.75, 3.05) is 55.5 Å². The fourth-order valence-corrected chi connectivity index (χ4v) is 2.15. The van der Waals surface area contributed by atoms with Crippen LogP contribution in [0.25, 0.3) is 0 Å². The lowest BCUT2D eigenvalue weighted by Gasteiger charge is -2.27. The Kier molecular flexibility index (Phi) is 3.37. The topological polar surface area (TPSA) is 66.4 Å². The van der Waals surface area contributed by atoms with Crippen molar-refractivity contribution in [1.29, 1.82) is 0 Å². The lowest BCUT2D eigenvalue weighted by molar-refractivity contribution is 0.122. The highest BCUT2D eigenvalue weighted by molar-refractivity contribution is 5.46. The second-order valence-corrected chi connectivity index (χ2v) is 4.95. The standard InChI is InChI=1S/C12H20N6O/c1-13-10-14-11(17(2)9-3-4-9)16-12(15-10)18-5-7-19-8-6-18/h9H,3-8H2,1-2H3,(H,13,14,15,16). The molecule has 1 aromatic rings. The maximum atomic E-state index is 5.36. The average Bonchev–Trinajstić information content (AvgIpc) is 3.31. The lowest BCUT2D eigenvalue weighted by Crippen LogP contribution is -2.38. The number of ether oxygens (including phenoxy) is 1. The van der Waals surface area contributed by atoms with E-state index in [0.29, 0.717) is 12.0 Å². The first-order chi connectivity index (χ1) is 9.28. The lowest BCUT2D eigenvalue weighted by atomic mass is 10.4. The van der Waals surface area contributed by atoms with Crippen LogP contribution in [-0.4, -0.2) is 61.4 Å². The predicted molar refractivity (Wildman–Crippen MR) is 73.8 cm³/mol. The van der Waals surface area contributed by atoms with Crippen molar-refractivity contribution >= 4 is 17.8 Å². The van der Waals surface area contributed by atoms with Crippen LogP contribution in [0.1, 0.15) is 12.8 Å². The molecule has 0 unspecified atom stereocenters. The van der Waals surface area contributed by atoms with Crippen molar-refractivity contribution < 1.29 is 4.74 Å². The molecule has 3 rings (SSSR count). The van der Waals surface area contributed by atoms with E-state index in [1.165, 1.54) is 12.8 Å². The minimum Gasteiger partial charge on any atom is -0.378 e. The van der Waals surface area contributed by atoms with Crippen molar-refractivity contribution in [3.63, 3.8) is 0 Å². The Labute approximate surface area is 113 Å². The first-order valence-electron chi connectivity index (χ1n) is 6.77. The van der Waals surface area contributed by atoms with E-state index in [0.717, 1.165) is 38.2 Å². The maximum absolute atomic E-state index is 5.36. The van der Waals surface area contributed by atoms with Crippen molar-refractivity contribution in [1.82, 2.24) is 15.0 Å². The molecule has 2 heterocycles. The van der Waals surface area contributed by atoms with Gasteiger partial charge in [0.25, 0.3) is 0 Å². The molecule has 0 spiro atoms. The van der Waals surface area contributed by atoms with E-state index in [9.17, 15) is 0 Å². The van der Waals surface area contributed by atoms with E-state index in [-0.39, 0.29) is 0 Å². The molecular formula is C12H20N6O. The summed E-state index contributed by atoms with van der Waals surface area (Å²) in [4.78, 5) is 17.8. The second-order valence-electron chi connectivity index (χ2n) is 4.95. The third kappa shape index (κ3) is 2.70. The molecule has 0 amide bonds. The number of morpholine rings is 1. The Morgan fingerprint density at radius 3 is 2.58 bits per heavy atom. The summed E-state index contributed by atoms with van der Waals surface area (Å²) in [5.41, 5.74) is 0. The predicted octanol–water partition coefficient (Wildman–Crippen LogP) is 0.348. The fraction of sp³-hybridized carbons (Fsp3) is 0.750. The van der Waals surface area contributed by atoms with Crippen LogP contribution in [0.3, 0.4) is 0 Å². The van der Waals surface area contributed by atoms with Gasteiger partial charge in [0, 0.05) is 33.2 Å². The van der Waals surface area contributed by atoms with Gasteiger partial charge in [-0.1, -0.05) is 0 Å². The van der Waals surface area contributed by atoms with Crippen LogP contribution in [0.15, 0.2) is 0 Å². The number of nitrogens with zero attached hydrogens (tertiary/aromatic N) is 5. The molecule has 1 N–H and O–H groups in total. The summed E-state index contributed by atoms with van der Waals surface area (Å²) in [7, 11) is 3.88. The van der Waals surface area contributed by atoms with E-state index < -0.39 is 0 Å². The number of hydrogen-bond donors (Lipinski definition) is 1. The molecule has 2 fully saturated rings. The first-order valence-corrected chi connectivity index (χ1v) is 6.77. The molecule has 0 aromatic carbocycles. The van der Waals surface area contributed by atoms with E-state index in [4.69, 9.17) is 4.74 Å². The Morgan fingerprint density at radius 1 is 1.21 bits per heavy atom. The highest BCUT2D eigenvalue weighted by Crippen LogP contribution is 2.29. The van der Waals surface area contributed by atoms with Crippen LogP contribution in [0, 0.1) is 0 Å². The van der Waals surface area contributed by atoms with E-state index in [1.54, 1.807) is 0 Å². The average molecular weight is 264 g/mol. The van der Waals surface area contributed by atoms with Gasteiger partial charge in [0.1, 0.15) is 0 Å². The number of hydrogen-bond acceptors (Lipinski definition) is 7. The zero-order valence-corrected chi connectivity index (χ0v) is 11.5. The van der Waals surface area contributed by atoms with Crippen molar-refractivity contribution in [2.45, 2.75) is 18.9 Å². The van der Waals surface area contributed by atoms with E-state index >= 15 is 0 Å². The van der Waals surface area contributed by atoms with E-state index in [2.05, 4.69) is 37.1 Å². The van der Waals surface area contributed by atoms with Crippen LogP contribution >= 0.6 is 0 Å². The smallest absolute Gasteiger partial charge is 0.232 e. The first kappa shape index (κ1) is 12.4. The van der Waals surface area contributed by atoms with Crippen LogP contribution in [-0.2, 0) is 4.74 Å². The molecule has 1 aromatic heterocycles. The molecule has 2 aliphatic rings. The van der Waals surface area contributed by atoms with Crippen molar-refractivity contribution in [3.8, 4) is 0 Å². The molecule has 1 aliphatic heterocycles. The van der Waals surface area contributed by atoms with Gasteiger partial charge >= 0.3 is 0 Å². The zero-order valence-electron chi connectivity index (χ0n) is 11.5. The summed E-state index contributed by atoms with van der Waals surface area (Å²) < 4.78 is 5.36. The minimum atomic E-state index is 0.588. The van der Waals surface area contributed by atoms with Gasteiger partial charge in [0.05, 0.1) is 13.2 Å². The number of rotatable bonds is 4. The molecule has 104 valence electrons. The zero-order chi connectivity index (χ0) is 13.2.